The van der Waals surface area contributed by atoms with Crippen LogP contribution in [0.4, 0.5) is 13.2 Å². The molecule has 0 radical (unpaired) electrons. The lowest BCUT2D eigenvalue weighted by Gasteiger charge is -2.27. The van der Waals surface area contributed by atoms with Gasteiger partial charge in [0.25, 0.3) is 0 Å². The smallest absolute Gasteiger partial charge is 0.167 e. The molecule has 2 atom stereocenters. The van der Waals surface area contributed by atoms with E-state index in [0.717, 1.165) is 12.0 Å². The van der Waals surface area contributed by atoms with Gasteiger partial charge in [-0.15, -0.1) is 0 Å². The maximum absolute atomic E-state index is 14.5. The number of halogens is 3. The third kappa shape index (κ3) is 3.20. The molecule has 1 heterocycles. The second-order valence-corrected chi connectivity index (χ2v) is 6.50. The van der Waals surface area contributed by atoms with Crippen LogP contribution in [0.2, 0.25) is 0 Å². The Morgan fingerprint density at radius 3 is 2.38 bits per heavy atom. The second-order valence-electron chi connectivity index (χ2n) is 6.50. The summed E-state index contributed by atoms with van der Waals surface area (Å²) in [6, 6.07) is 7.56. The van der Waals surface area contributed by atoms with Gasteiger partial charge in [0, 0.05) is 23.3 Å². The van der Waals surface area contributed by atoms with Crippen LogP contribution in [-0.4, -0.2) is 6.61 Å². The van der Waals surface area contributed by atoms with Crippen molar-refractivity contribution in [3.63, 3.8) is 0 Å². The Labute approximate surface area is 140 Å². The summed E-state index contributed by atoms with van der Waals surface area (Å²) in [6.07, 6.45) is 1.83. The number of rotatable bonds is 3. The molecule has 0 saturated carbocycles. The highest BCUT2D eigenvalue weighted by Crippen LogP contribution is 2.36. The van der Waals surface area contributed by atoms with Crippen molar-refractivity contribution in [2.75, 3.05) is 6.61 Å². The molecule has 24 heavy (non-hydrogen) atoms. The van der Waals surface area contributed by atoms with E-state index in [1.807, 2.05) is 6.92 Å². The molecule has 1 aliphatic rings. The van der Waals surface area contributed by atoms with E-state index in [9.17, 15) is 13.2 Å². The molecule has 2 aromatic carbocycles. The summed E-state index contributed by atoms with van der Waals surface area (Å²) < 4.78 is 48.9. The van der Waals surface area contributed by atoms with Crippen LogP contribution in [0.15, 0.2) is 30.3 Å². The molecule has 128 valence electrons. The highest BCUT2D eigenvalue weighted by atomic mass is 19.2. The normalized spacial score (nSPS) is 21.0. The lowest BCUT2D eigenvalue weighted by atomic mass is 9.93. The third-order valence-electron chi connectivity index (χ3n) is 4.69. The lowest BCUT2D eigenvalue weighted by Crippen LogP contribution is -2.19. The van der Waals surface area contributed by atoms with Crippen molar-refractivity contribution in [2.45, 2.75) is 39.2 Å². The summed E-state index contributed by atoms with van der Waals surface area (Å²) in [4.78, 5) is 0. The molecule has 3 rings (SSSR count). The molecule has 4 heteroatoms. The Morgan fingerprint density at radius 2 is 1.75 bits per heavy atom. The van der Waals surface area contributed by atoms with E-state index >= 15 is 0 Å². The second kappa shape index (κ2) is 6.98. The van der Waals surface area contributed by atoms with Gasteiger partial charge in [-0.3, -0.25) is 0 Å². The quantitative estimate of drug-likeness (QED) is 0.687. The molecule has 2 aromatic rings. The van der Waals surface area contributed by atoms with Crippen LogP contribution in [0.25, 0.3) is 11.1 Å². The maximum Gasteiger partial charge on any atom is 0.167 e. The molecule has 1 aliphatic heterocycles. The highest BCUT2D eigenvalue weighted by molar-refractivity contribution is 5.66. The fraction of sp³-hybridized carbons (Fsp3) is 0.400. The predicted molar refractivity (Wildman–Crippen MR) is 88.2 cm³/mol. The van der Waals surface area contributed by atoms with Gasteiger partial charge in [-0.2, -0.15) is 0 Å². The predicted octanol–water partition coefficient (Wildman–Crippen LogP) is 5.82. The van der Waals surface area contributed by atoms with Crippen molar-refractivity contribution in [3.05, 3.63) is 58.9 Å². The molecule has 0 spiro atoms. The number of aryl methyl sites for hydroxylation is 1. The first-order chi connectivity index (χ1) is 11.5. The van der Waals surface area contributed by atoms with Crippen LogP contribution in [0, 0.1) is 23.4 Å². The van der Waals surface area contributed by atoms with E-state index in [-0.39, 0.29) is 16.7 Å². The molecule has 0 bridgehead atoms. The average molecular weight is 334 g/mol. The minimum atomic E-state index is -1.02. The first-order valence-electron chi connectivity index (χ1n) is 8.39. The molecule has 0 aliphatic carbocycles. The average Bonchev–Trinajstić information content (AvgIpc) is 2.58. The van der Waals surface area contributed by atoms with Gasteiger partial charge in [-0.1, -0.05) is 38.1 Å². The van der Waals surface area contributed by atoms with Gasteiger partial charge in [0.15, 0.2) is 11.6 Å². The van der Waals surface area contributed by atoms with E-state index in [1.54, 1.807) is 6.07 Å². The molecule has 1 fully saturated rings. The largest absolute Gasteiger partial charge is 0.373 e. The summed E-state index contributed by atoms with van der Waals surface area (Å²) in [5, 5.41) is 0. The van der Waals surface area contributed by atoms with E-state index in [1.165, 1.54) is 24.3 Å². The maximum atomic E-state index is 14.5. The minimum Gasteiger partial charge on any atom is -0.373 e. The summed E-state index contributed by atoms with van der Waals surface area (Å²) in [5.74, 6) is -2.06. The summed E-state index contributed by atoms with van der Waals surface area (Å²) in [5.41, 5.74) is 1.06. The zero-order valence-electron chi connectivity index (χ0n) is 13.9. The summed E-state index contributed by atoms with van der Waals surface area (Å²) >= 11 is 0. The van der Waals surface area contributed by atoms with Crippen molar-refractivity contribution in [1.29, 1.82) is 0 Å². The number of hydrogen-bond acceptors (Lipinski definition) is 1. The van der Waals surface area contributed by atoms with E-state index in [2.05, 4.69) is 6.92 Å². The Morgan fingerprint density at radius 1 is 1.00 bits per heavy atom. The summed E-state index contributed by atoms with van der Waals surface area (Å²) in [6.45, 7) is 4.52. The Bertz CT molecular complexity index is 734. The van der Waals surface area contributed by atoms with Gasteiger partial charge in [0.05, 0.1) is 6.10 Å². The third-order valence-corrected chi connectivity index (χ3v) is 4.69. The Balaban J connectivity index is 1.96. The van der Waals surface area contributed by atoms with Gasteiger partial charge in [-0.25, -0.2) is 13.2 Å². The molecule has 0 N–H and O–H groups in total. The van der Waals surface area contributed by atoms with Crippen LogP contribution in [-0.2, 0) is 11.2 Å². The zero-order chi connectivity index (χ0) is 17.3. The van der Waals surface area contributed by atoms with Gasteiger partial charge < -0.3 is 4.74 Å². The highest BCUT2D eigenvalue weighted by Gasteiger charge is 2.26. The van der Waals surface area contributed by atoms with Gasteiger partial charge in [-0.05, 0) is 36.8 Å². The molecule has 2 unspecified atom stereocenters. The molecule has 1 saturated heterocycles. The lowest BCUT2D eigenvalue weighted by molar-refractivity contribution is -0.0144. The van der Waals surface area contributed by atoms with Crippen LogP contribution < -0.4 is 0 Å². The monoisotopic (exact) mass is 334 g/mol. The van der Waals surface area contributed by atoms with E-state index < -0.39 is 23.6 Å². The topological polar surface area (TPSA) is 9.23 Å². The summed E-state index contributed by atoms with van der Waals surface area (Å²) in [7, 11) is 0. The molecular formula is C20H21F3O. The first kappa shape index (κ1) is 17.0. The fourth-order valence-corrected chi connectivity index (χ4v) is 3.15. The molecular weight excluding hydrogens is 313 g/mol. The number of benzene rings is 2. The molecule has 0 aromatic heterocycles. The van der Waals surface area contributed by atoms with Crippen molar-refractivity contribution >= 4 is 0 Å². The minimum absolute atomic E-state index is 0.0550. The SMILES string of the molecule is CCc1ccc(-c2ccc(C3CCC(C)CO3)c(F)c2F)c(F)c1. The van der Waals surface area contributed by atoms with Crippen LogP contribution in [0.3, 0.4) is 0 Å². The van der Waals surface area contributed by atoms with Gasteiger partial charge in [0.2, 0.25) is 0 Å². The fourth-order valence-electron chi connectivity index (χ4n) is 3.15. The standard InChI is InChI=1S/C20H21F3O/c1-3-13-5-6-14(17(21)10-13)15-7-8-16(20(23)19(15)22)18-9-4-12(2)11-24-18/h5-8,10,12,18H,3-4,9,11H2,1-2H3. The van der Waals surface area contributed by atoms with Crippen molar-refractivity contribution in [2.24, 2.45) is 5.92 Å². The van der Waals surface area contributed by atoms with Crippen LogP contribution in [0.1, 0.15) is 43.9 Å². The van der Waals surface area contributed by atoms with Crippen LogP contribution in [0.5, 0.6) is 0 Å². The van der Waals surface area contributed by atoms with Crippen molar-refractivity contribution in [3.8, 4) is 11.1 Å². The Kier molecular flexibility index (Phi) is 4.95. The zero-order valence-corrected chi connectivity index (χ0v) is 13.9. The van der Waals surface area contributed by atoms with Crippen molar-refractivity contribution < 1.29 is 17.9 Å². The van der Waals surface area contributed by atoms with E-state index in [4.69, 9.17) is 4.74 Å². The first-order valence-corrected chi connectivity index (χ1v) is 8.39. The van der Waals surface area contributed by atoms with Gasteiger partial charge in [0.1, 0.15) is 5.82 Å². The number of hydrogen-bond donors (Lipinski definition) is 0. The van der Waals surface area contributed by atoms with Crippen molar-refractivity contribution in [1.82, 2.24) is 0 Å². The Hall–Kier alpha value is -1.81. The van der Waals surface area contributed by atoms with Gasteiger partial charge >= 0.3 is 0 Å². The molecule has 0 amide bonds. The molecule has 1 nitrogen and oxygen atoms in total. The van der Waals surface area contributed by atoms with E-state index in [0.29, 0.717) is 25.4 Å². The van der Waals surface area contributed by atoms with Crippen LogP contribution >= 0.6 is 0 Å². The number of ether oxygens (including phenoxy) is 1.